The molecule has 8 heteroatoms. The number of aliphatic hydroxyl groups is 1. The minimum Gasteiger partial charge on any atom is -0.408 e. The van der Waals surface area contributed by atoms with E-state index in [0.29, 0.717) is 30.9 Å². The molecule has 1 amide bonds. The van der Waals surface area contributed by atoms with Gasteiger partial charge in [-0.15, -0.1) is 0 Å². The molecule has 2 saturated heterocycles. The van der Waals surface area contributed by atoms with Gasteiger partial charge in [-0.3, -0.25) is 14.3 Å². The zero-order chi connectivity index (χ0) is 18.3. The van der Waals surface area contributed by atoms with Crippen LogP contribution in [0, 0.1) is 6.92 Å². The first-order chi connectivity index (χ1) is 12.5. The number of carbonyl (C=O) groups excluding carboxylic acids is 1. The number of benzene rings is 1. The smallest absolute Gasteiger partial charge is 0.408 e. The van der Waals surface area contributed by atoms with Gasteiger partial charge in [0.25, 0.3) is 0 Å². The van der Waals surface area contributed by atoms with E-state index in [9.17, 15) is 14.7 Å². The molecule has 1 aromatic carbocycles. The van der Waals surface area contributed by atoms with E-state index in [2.05, 4.69) is 4.90 Å². The summed E-state index contributed by atoms with van der Waals surface area (Å²) in [6.07, 6.45) is -0.586. The van der Waals surface area contributed by atoms with Gasteiger partial charge in [0.2, 0.25) is 5.91 Å². The number of aromatic nitrogens is 1. The lowest BCUT2D eigenvalue weighted by molar-refractivity contribution is -0.131. The Hall–Kier alpha value is -2.16. The minimum absolute atomic E-state index is 0.0806. The summed E-state index contributed by atoms with van der Waals surface area (Å²) in [4.78, 5) is 28.7. The Balaban J connectivity index is 1.50. The highest BCUT2D eigenvalue weighted by atomic mass is 16.5. The number of hydrogen-bond donors (Lipinski definition) is 1. The minimum atomic E-state index is -0.586. The Morgan fingerprint density at radius 3 is 2.81 bits per heavy atom. The lowest BCUT2D eigenvalue weighted by atomic mass is 10.2. The number of rotatable bonds is 3. The molecule has 0 spiro atoms. The third-order valence-corrected chi connectivity index (χ3v) is 5.24. The van der Waals surface area contributed by atoms with Crippen molar-refractivity contribution >= 4 is 17.0 Å². The summed E-state index contributed by atoms with van der Waals surface area (Å²) >= 11 is 0. The summed E-state index contributed by atoms with van der Waals surface area (Å²) < 4.78 is 11.9. The molecule has 2 aliphatic heterocycles. The predicted octanol–water partition coefficient (Wildman–Crippen LogP) is -0.193. The van der Waals surface area contributed by atoms with Crippen LogP contribution in [0.1, 0.15) is 5.56 Å². The summed E-state index contributed by atoms with van der Waals surface area (Å²) in [6.45, 7) is 5.39. The molecule has 4 rings (SSSR count). The maximum atomic E-state index is 12.7. The first-order valence-electron chi connectivity index (χ1n) is 8.90. The molecular weight excluding hydrogens is 338 g/mol. The molecule has 3 heterocycles. The number of amides is 1. The first kappa shape index (κ1) is 17.3. The molecule has 26 heavy (non-hydrogen) atoms. The summed E-state index contributed by atoms with van der Waals surface area (Å²) in [5, 5.41) is 10.4. The van der Waals surface area contributed by atoms with Crippen molar-refractivity contribution in [1.82, 2.24) is 14.4 Å². The van der Waals surface area contributed by atoms with E-state index in [0.717, 1.165) is 18.7 Å². The second-order valence-electron chi connectivity index (χ2n) is 7.01. The molecule has 0 unspecified atom stereocenters. The van der Waals surface area contributed by atoms with Crippen LogP contribution in [0.3, 0.4) is 0 Å². The largest absolute Gasteiger partial charge is 0.420 e. The zero-order valence-electron chi connectivity index (χ0n) is 14.8. The van der Waals surface area contributed by atoms with Crippen LogP contribution in [0.25, 0.3) is 11.1 Å². The fourth-order valence-corrected chi connectivity index (χ4v) is 3.80. The quantitative estimate of drug-likeness (QED) is 0.815. The van der Waals surface area contributed by atoms with Crippen molar-refractivity contribution < 1.29 is 19.1 Å². The number of nitrogens with zero attached hydrogens (tertiary/aromatic N) is 3. The van der Waals surface area contributed by atoms with Crippen LogP contribution < -0.4 is 5.76 Å². The normalized spacial score (nSPS) is 24.5. The van der Waals surface area contributed by atoms with E-state index in [4.69, 9.17) is 9.15 Å². The molecule has 2 fully saturated rings. The lowest BCUT2D eigenvalue weighted by Gasteiger charge is -2.33. The molecule has 0 bridgehead atoms. The summed E-state index contributed by atoms with van der Waals surface area (Å²) in [5.74, 6) is -0.727. The number of hydrogen-bond acceptors (Lipinski definition) is 6. The van der Waals surface area contributed by atoms with E-state index >= 15 is 0 Å². The van der Waals surface area contributed by atoms with Crippen LogP contribution >= 0.6 is 0 Å². The zero-order valence-corrected chi connectivity index (χ0v) is 14.8. The monoisotopic (exact) mass is 361 g/mol. The number of oxazole rings is 1. The molecule has 0 radical (unpaired) electrons. The number of ether oxygens (including phenoxy) is 1. The van der Waals surface area contributed by atoms with Crippen molar-refractivity contribution in [2.45, 2.75) is 25.6 Å². The van der Waals surface area contributed by atoms with Crippen molar-refractivity contribution in [3.63, 3.8) is 0 Å². The number of β-amino-alcohol motifs (C(OH)–C–C–N with tert-alkyl or cyclic N) is 1. The fraction of sp³-hybridized carbons (Fsp3) is 0.556. The average molecular weight is 361 g/mol. The van der Waals surface area contributed by atoms with Gasteiger partial charge in [-0.05, 0) is 24.6 Å². The van der Waals surface area contributed by atoms with Gasteiger partial charge >= 0.3 is 5.76 Å². The molecule has 8 nitrogen and oxygen atoms in total. The van der Waals surface area contributed by atoms with E-state index < -0.39 is 11.9 Å². The van der Waals surface area contributed by atoms with Crippen LogP contribution in [-0.2, 0) is 16.1 Å². The van der Waals surface area contributed by atoms with Gasteiger partial charge in [0.15, 0.2) is 5.58 Å². The van der Waals surface area contributed by atoms with Crippen LogP contribution in [0.2, 0.25) is 0 Å². The van der Waals surface area contributed by atoms with Crippen LogP contribution in [0.15, 0.2) is 27.4 Å². The molecule has 0 saturated carbocycles. The molecule has 2 aromatic rings. The number of likely N-dealkylation sites (tertiary alicyclic amines) is 1. The topological polar surface area (TPSA) is 88.2 Å². The summed E-state index contributed by atoms with van der Waals surface area (Å²) in [7, 11) is 0. The Bertz CT molecular complexity index is 867. The van der Waals surface area contributed by atoms with Crippen LogP contribution in [-0.4, -0.2) is 76.9 Å². The second-order valence-corrected chi connectivity index (χ2v) is 7.01. The van der Waals surface area contributed by atoms with Crippen LogP contribution in [0.4, 0.5) is 0 Å². The van der Waals surface area contributed by atoms with Gasteiger partial charge in [0.05, 0.1) is 30.9 Å². The average Bonchev–Trinajstić information content (AvgIpc) is 3.16. The predicted molar refractivity (Wildman–Crippen MR) is 94.0 cm³/mol. The molecule has 0 aliphatic carbocycles. The Morgan fingerprint density at radius 2 is 2.04 bits per heavy atom. The van der Waals surface area contributed by atoms with E-state index in [1.54, 1.807) is 11.0 Å². The SMILES string of the molecule is Cc1ccc2oc(=O)n(CC(=O)N3C[C@H](O)[C@@H](N4CCOCC4)C3)c2c1. The van der Waals surface area contributed by atoms with E-state index in [1.807, 2.05) is 19.1 Å². The van der Waals surface area contributed by atoms with E-state index in [1.165, 1.54) is 4.57 Å². The Morgan fingerprint density at radius 1 is 1.27 bits per heavy atom. The van der Waals surface area contributed by atoms with Crippen molar-refractivity contribution in [1.29, 1.82) is 0 Å². The number of aliphatic hydroxyl groups excluding tert-OH is 1. The number of morpholine rings is 1. The maximum Gasteiger partial charge on any atom is 0.420 e. The lowest BCUT2D eigenvalue weighted by Crippen LogP contribution is -2.49. The third kappa shape index (κ3) is 3.15. The van der Waals surface area contributed by atoms with Crippen LogP contribution in [0.5, 0.6) is 0 Å². The highest BCUT2D eigenvalue weighted by molar-refractivity contribution is 5.80. The fourth-order valence-electron chi connectivity index (χ4n) is 3.80. The second kappa shape index (κ2) is 6.86. The molecule has 2 aliphatic rings. The standard InChI is InChI=1S/C18H23N3O5/c1-12-2-3-16-13(8-12)21(18(24)26-16)11-17(23)20-9-14(15(22)10-20)19-4-6-25-7-5-19/h2-3,8,14-15,22H,4-7,9-11H2,1H3/t14-,15-/m0/s1. The van der Waals surface area contributed by atoms with Gasteiger partial charge < -0.3 is 19.2 Å². The first-order valence-corrected chi connectivity index (χ1v) is 8.90. The number of carbonyl (C=O) groups is 1. The molecule has 1 N–H and O–H groups in total. The van der Waals surface area contributed by atoms with Gasteiger partial charge in [0, 0.05) is 26.2 Å². The van der Waals surface area contributed by atoms with Gasteiger partial charge in [-0.25, -0.2) is 4.79 Å². The highest BCUT2D eigenvalue weighted by Crippen LogP contribution is 2.19. The van der Waals surface area contributed by atoms with Crippen molar-refractivity contribution in [2.75, 3.05) is 39.4 Å². The van der Waals surface area contributed by atoms with Gasteiger partial charge in [-0.2, -0.15) is 0 Å². The molecule has 140 valence electrons. The number of aryl methyl sites for hydroxylation is 1. The van der Waals surface area contributed by atoms with E-state index in [-0.39, 0.29) is 25.0 Å². The molecule has 2 atom stereocenters. The van der Waals surface area contributed by atoms with Crippen molar-refractivity contribution in [3.05, 3.63) is 34.3 Å². The Labute approximate surface area is 150 Å². The van der Waals surface area contributed by atoms with Crippen molar-refractivity contribution in [2.24, 2.45) is 0 Å². The van der Waals surface area contributed by atoms with Crippen molar-refractivity contribution in [3.8, 4) is 0 Å². The Kier molecular flexibility index (Phi) is 4.56. The maximum absolute atomic E-state index is 12.7. The third-order valence-electron chi connectivity index (χ3n) is 5.24. The van der Waals surface area contributed by atoms with Gasteiger partial charge in [-0.1, -0.05) is 6.07 Å². The summed E-state index contributed by atoms with van der Waals surface area (Å²) in [6, 6.07) is 5.36. The highest BCUT2D eigenvalue weighted by Gasteiger charge is 2.38. The molecule has 1 aromatic heterocycles. The van der Waals surface area contributed by atoms with Gasteiger partial charge in [0.1, 0.15) is 6.54 Å². The molecular formula is C18H23N3O5. The summed E-state index contributed by atoms with van der Waals surface area (Å²) in [5.41, 5.74) is 2.08. The number of fused-ring (bicyclic) bond motifs is 1.